The van der Waals surface area contributed by atoms with Crippen LogP contribution in [0.5, 0.6) is 0 Å². The summed E-state index contributed by atoms with van der Waals surface area (Å²) in [7, 11) is 0. The lowest BCUT2D eigenvalue weighted by Gasteiger charge is -2.18. The summed E-state index contributed by atoms with van der Waals surface area (Å²) >= 11 is 0. The SMILES string of the molecule is N#C[C@@H]1CC(F)(F)CN1C(=O)CCC(=O)c1ccncc1C#Cc1cccnc1. The Bertz CT molecular complexity index is 1020. The molecule has 6 nitrogen and oxygen atoms in total. The molecule has 0 unspecified atom stereocenters. The van der Waals surface area contributed by atoms with Gasteiger partial charge in [0.2, 0.25) is 5.91 Å². The van der Waals surface area contributed by atoms with Crippen LogP contribution >= 0.6 is 0 Å². The van der Waals surface area contributed by atoms with E-state index in [1.165, 1.54) is 18.5 Å². The molecule has 1 aliphatic heterocycles. The van der Waals surface area contributed by atoms with Crippen molar-refractivity contribution in [2.75, 3.05) is 6.54 Å². The number of ketones is 1. The number of amides is 1. The number of alkyl halides is 2. The molecule has 1 fully saturated rings. The van der Waals surface area contributed by atoms with E-state index >= 15 is 0 Å². The molecule has 0 aliphatic carbocycles. The Kier molecular flexibility index (Phi) is 5.94. The summed E-state index contributed by atoms with van der Waals surface area (Å²) in [4.78, 5) is 33.6. The first-order chi connectivity index (χ1) is 13.9. The van der Waals surface area contributed by atoms with Crippen molar-refractivity contribution in [2.45, 2.75) is 31.2 Å². The van der Waals surface area contributed by atoms with Gasteiger partial charge in [-0.05, 0) is 18.2 Å². The molecular weight excluding hydrogens is 378 g/mol. The van der Waals surface area contributed by atoms with Crippen LogP contribution in [0.2, 0.25) is 0 Å². The van der Waals surface area contributed by atoms with Gasteiger partial charge >= 0.3 is 0 Å². The van der Waals surface area contributed by atoms with Crippen LogP contribution in [0.4, 0.5) is 8.78 Å². The van der Waals surface area contributed by atoms with Crippen molar-refractivity contribution in [1.82, 2.24) is 14.9 Å². The van der Waals surface area contributed by atoms with Gasteiger partial charge in [-0.2, -0.15) is 5.26 Å². The second kappa shape index (κ2) is 8.57. The predicted octanol–water partition coefficient (Wildman–Crippen LogP) is 2.60. The Morgan fingerprint density at radius 2 is 1.97 bits per heavy atom. The average molecular weight is 394 g/mol. The average Bonchev–Trinajstić information content (AvgIpc) is 3.06. The van der Waals surface area contributed by atoms with Gasteiger partial charge in [-0.1, -0.05) is 11.8 Å². The number of likely N-dealkylation sites (tertiary alicyclic amines) is 1. The van der Waals surface area contributed by atoms with Gasteiger partial charge in [0.25, 0.3) is 5.92 Å². The molecule has 2 aromatic heterocycles. The Hall–Kier alpha value is -3.65. The van der Waals surface area contributed by atoms with E-state index in [1.807, 2.05) is 0 Å². The van der Waals surface area contributed by atoms with E-state index in [9.17, 15) is 18.4 Å². The lowest BCUT2D eigenvalue weighted by molar-refractivity contribution is -0.132. The second-order valence-electron chi connectivity index (χ2n) is 6.56. The normalized spacial score (nSPS) is 17.1. The van der Waals surface area contributed by atoms with E-state index in [4.69, 9.17) is 5.26 Å². The van der Waals surface area contributed by atoms with E-state index in [0.29, 0.717) is 16.7 Å². The summed E-state index contributed by atoms with van der Waals surface area (Å²) in [5, 5.41) is 8.99. The number of pyridine rings is 2. The lowest BCUT2D eigenvalue weighted by atomic mass is 10.0. The molecule has 3 heterocycles. The third-order valence-corrected chi connectivity index (χ3v) is 4.43. The second-order valence-corrected chi connectivity index (χ2v) is 6.56. The summed E-state index contributed by atoms with van der Waals surface area (Å²) < 4.78 is 27.0. The highest BCUT2D eigenvalue weighted by molar-refractivity contribution is 6.00. The maximum Gasteiger partial charge on any atom is 0.268 e. The van der Waals surface area contributed by atoms with Crippen molar-refractivity contribution in [2.24, 2.45) is 0 Å². The minimum absolute atomic E-state index is 0.176. The van der Waals surface area contributed by atoms with Gasteiger partial charge in [0.05, 0.1) is 18.2 Å². The number of nitrogens with zero attached hydrogens (tertiary/aromatic N) is 4. The van der Waals surface area contributed by atoms with E-state index < -0.39 is 30.8 Å². The van der Waals surface area contributed by atoms with Crippen LogP contribution < -0.4 is 0 Å². The Balaban J connectivity index is 1.68. The van der Waals surface area contributed by atoms with Crippen LogP contribution in [0.1, 0.15) is 40.7 Å². The van der Waals surface area contributed by atoms with Crippen LogP contribution in [-0.4, -0.2) is 45.1 Å². The van der Waals surface area contributed by atoms with Crippen LogP contribution in [-0.2, 0) is 4.79 Å². The van der Waals surface area contributed by atoms with Gasteiger partial charge in [0, 0.05) is 55.2 Å². The molecule has 0 bridgehead atoms. The number of aromatic nitrogens is 2. The standard InChI is InChI=1S/C21H16F2N4O2/c22-21(23)10-17(11-24)27(14-21)20(29)6-5-19(28)18-7-9-26-13-16(18)4-3-15-2-1-8-25-12-15/h1-2,7-9,12-13,17H,5-6,10,14H2/t17-/m0/s1. The summed E-state index contributed by atoms with van der Waals surface area (Å²) in [6, 6.07) is 5.56. The maximum absolute atomic E-state index is 13.5. The first-order valence-electron chi connectivity index (χ1n) is 8.86. The summed E-state index contributed by atoms with van der Waals surface area (Å²) in [5.74, 6) is 1.68. The molecule has 8 heteroatoms. The number of nitriles is 1. The Labute approximate surface area is 166 Å². The highest BCUT2D eigenvalue weighted by atomic mass is 19.3. The third-order valence-electron chi connectivity index (χ3n) is 4.43. The summed E-state index contributed by atoms with van der Waals surface area (Å²) in [6.07, 6.45) is 4.98. The quantitative estimate of drug-likeness (QED) is 0.588. The van der Waals surface area contributed by atoms with Crippen LogP contribution in [0, 0.1) is 23.2 Å². The van der Waals surface area contributed by atoms with Gasteiger partial charge in [-0.25, -0.2) is 8.78 Å². The van der Waals surface area contributed by atoms with Crippen molar-refractivity contribution in [3.05, 3.63) is 59.7 Å². The first-order valence-corrected chi connectivity index (χ1v) is 8.86. The molecule has 3 rings (SSSR count). The highest BCUT2D eigenvalue weighted by Crippen LogP contribution is 2.32. The number of carbonyl (C=O) groups is 2. The smallest absolute Gasteiger partial charge is 0.268 e. The Morgan fingerprint density at radius 1 is 1.17 bits per heavy atom. The van der Waals surface area contributed by atoms with Crippen molar-refractivity contribution in [3.8, 4) is 17.9 Å². The molecule has 0 radical (unpaired) electrons. The fourth-order valence-corrected chi connectivity index (χ4v) is 3.01. The lowest BCUT2D eigenvalue weighted by Crippen LogP contribution is -2.36. The van der Waals surface area contributed by atoms with Crippen molar-refractivity contribution < 1.29 is 18.4 Å². The highest BCUT2D eigenvalue weighted by Gasteiger charge is 2.47. The monoisotopic (exact) mass is 394 g/mol. The van der Waals surface area contributed by atoms with E-state index in [2.05, 4.69) is 21.8 Å². The van der Waals surface area contributed by atoms with Gasteiger partial charge in [-0.3, -0.25) is 19.6 Å². The molecule has 0 N–H and O–H groups in total. The number of Topliss-reactive ketones (excluding diaryl/α,β-unsaturated/α-hetero) is 1. The molecule has 1 aliphatic rings. The topological polar surface area (TPSA) is 87.0 Å². The number of hydrogen-bond donors (Lipinski definition) is 0. The third kappa shape index (κ3) is 4.99. The van der Waals surface area contributed by atoms with E-state index in [1.54, 1.807) is 30.6 Å². The van der Waals surface area contributed by atoms with Gasteiger partial charge in [0.1, 0.15) is 6.04 Å². The number of halogens is 2. The molecule has 146 valence electrons. The molecule has 0 spiro atoms. The molecule has 1 amide bonds. The maximum atomic E-state index is 13.5. The largest absolute Gasteiger partial charge is 0.320 e. The van der Waals surface area contributed by atoms with Gasteiger partial charge in [0.15, 0.2) is 5.78 Å². The van der Waals surface area contributed by atoms with Crippen LogP contribution in [0.25, 0.3) is 0 Å². The van der Waals surface area contributed by atoms with Crippen molar-refractivity contribution in [1.29, 1.82) is 5.26 Å². The van der Waals surface area contributed by atoms with E-state index in [-0.39, 0.29) is 18.6 Å². The number of carbonyl (C=O) groups excluding carboxylic acids is 2. The van der Waals surface area contributed by atoms with Crippen molar-refractivity contribution >= 4 is 11.7 Å². The van der Waals surface area contributed by atoms with Crippen LogP contribution in [0.15, 0.2) is 43.0 Å². The fourth-order valence-electron chi connectivity index (χ4n) is 3.01. The number of hydrogen-bond acceptors (Lipinski definition) is 5. The van der Waals surface area contributed by atoms with Crippen molar-refractivity contribution in [3.63, 3.8) is 0 Å². The van der Waals surface area contributed by atoms with Crippen LogP contribution in [0.3, 0.4) is 0 Å². The summed E-state index contributed by atoms with van der Waals surface area (Å²) in [6.45, 7) is -0.796. The van der Waals surface area contributed by atoms with E-state index in [0.717, 1.165) is 4.90 Å². The minimum Gasteiger partial charge on any atom is -0.320 e. The minimum atomic E-state index is -3.08. The number of rotatable bonds is 4. The Morgan fingerprint density at radius 3 is 2.69 bits per heavy atom. The van der Waals surface area contributed by atoms with Gasteiger partial charge in [-0.15, -0.1) is 0 Å². The summed E-state index contributed by atoms with van der Waals surface area (Å²) in [5.41, 5.74) is 1.37. The zero-order chi connectivity index (χ0) is 20.9. The van der Waals surface area contributed by atoms with Gasteiger partial charge < -0.3 is 4.90 Å². The zero-order valence-electron chi connectivity index (χ0n) is 15.3. The molecule has 1 saturated heterocycles. The fraction of sp³-hybridized carbons (Fsp3) is 0.286. The molecular formula is C21H16F2N4O2. The zero-order valence-corrected chi connectivity index (χ0v) is 15.3. The first kappa shape index (κ1) is 20.1. The molecule has 0 saturated carbocycles. The molecule has 1 atom stereocenters. The molecule has 29 heavy (non-hydrogen) atoms. The molecule has 0 aromatic carbocycles. The predicted molar refractivity (Wildman–Crippen MR) is 98.7 cm³/mol. The molecule has 2 aromatic rings.